The minimum atomic E-state index is -0.346. The topological polar surface area (TPSA) is 49.4 Å². The number of rotatable bonds is 5. The quantitative estimate of drug-likeness (QED) is 0.784. The van der Waals surface area contributed by atoms with Gasteiger partial charge >= 0.3 is 0 Å². The molecule has 2 amide bonds. The van der Waals surface area contributed by atoms with Gasteiger partial charge in [0.1, 0.15) is 12.1 Å². The van der Waals surface area contributed by atoms with Crippen molar-refractivity contribution >= 4 is 11.8 Å². The lowest BCUT2D eigenvalue weighted by Crippen LogP contribution is -2.64. The second-order valence-electron chi connectivity index (χ2n) is 6.08. The average molecular weight is 278 g/mol. The fourth-order valence-electron chi connectivity index (χ4n) is 3.00. The molecule has 20 heavy (non-hydrogen) atoms. The van der Waals surface area contributed by atoms with Gasteiger partial charge < -0.3 is 10.2 Å². The summed E-state index contributed by atoms with van der Waals surface area (Å²) in [5.74, 6) is 0.257. The third kappa shape index (κ3) is 3.05. The molecule has 1 aliphatic carbocycles. The summed E-state index contributed by atoms with van der Waals surface area (Å²) in [6, 6.07) is -0.689. The molecule has 2 rings (SSSR count). The van der Waals surface area contributed by atoms with Crippen molar-refractivity contribution in [3.63, 3.8) is 0 Å². The van der Waals surface area contributed by atoms with Gasteiger partial charge in [-0.3, -0.25) is 9.59 Å². The molecule has 2 aliphatic rings. The first-order valence-electron chi connectivity index (χ1n) is 7.83. The maximum absolute atomic E-state index is 12.6. The highest BCUT2D eigenvalue weighted by Gasteiger charge is 2.39. The SMILES string of the molecule is CCC(C)C1NC(=O)C(C)N(CCC2=CCCC2)C1=O. The number of nitrogens with one attached hydrogen (secondary N) is 1. The highest BCUT2D eigenvalue weighted by atomic mass is 16.2. The summed E-state index contributed by atoms with van der Waals surface area (Å²) in [5, 5.41) is 2.88. The third-order valence-electron chi connectivity index (χ3n) is 4.72. The van der Waals surface area contributed by atoms with Crippen LogP contribution in [0.1, 0.15) is 52.9 Å². The van der Waals surface area contributed by atoms with E-state index in [1.54, 1.807) is 4.90 Å². The van der Waals surface area contributed by atoms with Crippen LogP contribution in [0.2, 0.25) is 0 Å². The molecule has 0 aromatic rings. The predicted molar refractivity (Wildman–Crippen MR) is 79.1 cm³/mol. The second kappa shape index (κ2) is 6.42. The standard InChI is InChI=1S/C16H26N2O2/c1-4-11(2)14-16(20)18(12(3)15(19)17-14)10-9-13-7-5-6-8-13/h7,11-12,14H,4-6,8-10H2,1-3H3,(H,17,19). The molecule has 1 saturated heterocycles. The van der Waals surface area contributed by atoms with Crippen LogP contribution in [0.25, 0.3) is 0 Å². The van der Waals surface area contributed by atoms with E-state index in [9.17, 15) is 9.59 Å². The zero-order valence-corrected chi connectivity index (χ0v) is 12.8. The van der Waals surface area contributed by atoms with Crippen molar-refractivity contribution in [1.82, 2.24) is 10.2 Å². The van der Waals surface area contributed by atoms with E-state index in [0.29, 0.717) is 6.54 Å². The molecule has 4 nitrogen and oxygen atoms in total. The van der Waals surface area contributed by atoms with Crippen molar-refractivity contribution in [3.05, 3.63) is 11.6 Å². The van der Waals surface area contributed by atoms with Crippen molar-refractivity contribution in [2.24, 2.45) is 5.92 Å². The Hall–Kier alpha value is -1.32. The lowest BCUT2D eigenvalue weighted by molar-refractivity contribution is -0.150. The Morgan fingerprint density at radius 2 is 2.20 bits per heavy atom. The molecule has 1 heterocycles. The van der Waals surface area contributed by atoms with E-state index >= 15 is 0 Å². The molecule has 1 aliphatic heterocycles. The molecule has 3 unspecified atom stereocenters. The fraction of sp³-hybridized carbons (Fsp3) is 0.750. The summed E-state index contributed by atoms with van der Waals surface area (Å²) >= 11 is 0. The van der Waals surface area contributed by atoms with Crippen LogP contribution in [0, 0.1) is 5.92 Å². The molecule has 0 radical (unpaired) electrons. The molecule has 3 atom stereocenters. The molecule has 4 heteroatoms. The Morgan fingerprint density at radius 1 is 1.45 bits per heavy atom. The highest BCUT2D eigenvalue weighted by molar-refractivity contribution is 5.96. The Bertz CT molecular complexity index is 417. The molecular weight excluding hydrogens is 252 g/mol. The third-order valence-corrected chi connectivity index (χ3v) is 4.72. The Morgan fingerprint density at radius 3 is 2.80 bits per heavy atom. The largest absolute Gasteiger partial charge is 0.342 e. The predicted octanol–water partition coefficient (Wildman–Crippen LogP) is 2.25. The first-order chi connectivity index (χ1) is 9.54. The second-order valence-corrected chi connectivity index (χ2v) is 6.08. The Kier molecular flexibility index (Phi) is 4.84. The number of nitrogens with zero attached hydrogens (tertiary/aromatic N) is 1. The van der Waals surface area contributed by atoms with Crippen LogP contribution in [0.4, 0.5) is 0 Å². The van der Waals surface area contributed by atoms with Gasteiger partial charge in [-0.15, -0.1) is 0 Å². The average Bonchev–Trinajstić information content (AvgIpc) is 2.95. The van der Waals surface area contributed by atoms with Crippen molar-refractivity contribution < 1.29 is 9.59 Å². The zero-order valence-electron chi connectivity index (χ0n) is 12.8. The van der Waals surface area contributed by atoms with Crippen molar-refractivity contribution in [1.29, 1.82) is 0 Å². The van der Waals surface area contributed by atoms with Crippen molar-refractivity contribution in [3.8, 4) is 0 Å². The number of hydrogen-bond donors (Lipinski definition) is 1. The van der Waals surface area contributed by atoms with E-state index in [0.717, 1.165) is 25.7 Å². The summed E-state index contributed by atoms with van der Waals surface area (Å²) in [6.45, 7) is 6.57. The summed E-state index contributed by atoms with van der Waals surface area (Å²) < 4.78 is 0. The zero-order chi connectivity index (χ0) is 14.7. The van der Waals surface area contributed by atoms with Gasteiger partial charge in [-0.25, -0.2) is 0 Å². The molecule has 1 N–H and O–H groups in total. The molecule has 1 fully saturated rings. The Labute approximate surface area is 121 Å². The van der Waals surface area contributed by atoms with Gasteiger partial charge in [0.05, 0.1) is 0 Å². The Balaban J connectivity index is 2.03. The number of piperazine rings is 1. The summed E-state index contributed by atoms with van der Waals surface area (Å²) in [6.07, 6.45) is 7.63. The number of allylic oxidation sites excluding steroid dienone is 1. The van der Waals surface area contributed by atoms with Gasteiger partial charge in [-0.05, 0) is 38.5 Å². The van der Waals surface area contributed by atoms with E-state index in [1.165, 1.54) is 12.0 Å². The van der Waals surface area contributed by atoms with Crippen LogP contribution in [0.3, 0.4) is 0 Å². The highest BCUT2D eigenvalue weighted by Crippen LogP contribution is 2.23. The van der Waals surface area contributed by atoms with E-state index in [1.807, 2.05) is 13.8 Å². The van der Waals surface area contributed by atoms with Crippen LogP contribution in [0.5, 0.6) is 0 Å². The van der Waals surface area contributed by atoms with Crippen LogP contribution in [-0.4, -0.2) is 35.3 Å². The van der Waals surface area contributed by atoms with Crippen LogP contribution < -0.4 is 5.32 Å². The lowest BCUT2D eigenvalue weighted by atomic mass is 9.94. The minimum Gasteiger partial charge on any atom is -0.342 e. The summed E-state index contributed by atoms with van der Waals surface area (Å²) in [4.78, 5) is 26.4. The molecule has 0 bridgehead atoms. The van der Waals surface area contributed by atoms with Gasteiger partial charge in [0.15, 0.2) is 0 Å². The van der Waals surface area contributed by atoms with Gasteiger partial charge in [0.25, 0.3) is 0 Å². The molecule has 0 aromatic carbocycles. The van der Waals surface area contributed by atoms with E-state index < -0.39 is 0 Å². The van der Waals surface area contributed by atoms with Gasteiger partial charge in [-0.2, -0.15) is 0 Å². The first-order valence-corrected chi connectivity index (χ1v) is 7.83. The maximum atomic E-state index is 12.6. The number of amides is 2. The number of hydrogen-bond acceptors (Lipinski definition) is 2. The number of carbonyl (C=O) groups is 2. The van der Waals surface area contributed by atoms with E-state index in [-0.39, 0.29) is 29.8 Å². The molecule has 0 spiro atoms. The van der Waals surface area contributed by atoms with Gasteiger partial charge in [0.2, 0.25) is 11.8 Å². The molecule has 0 aromatic heterocycles. The van der Waals surface area contributed by atoms with Gasteiger partial charge in [-0.1, -0.05) is 31.9 Å². The molecule has 112 valence electrons. The summed E-state index contributed by atoms with van der Waals surface area (Å²) in [5.41, 5.74) is 1.44. The lowest BCUT2D eigenvalue weighted by Gasteiger charge is -2.39. The maximum Gasteiger partial charge on any atom is 0.246 e. The summed E-state index contributed by atoms with van der Waals surface area (Å²) in [7, 11) is 0. The fourth-order valence-corrected chi connectivity index (χ4v) is 3.00. The first kappa shape index (κ1) is 15.1. The van der Waals surface area contributed by atoms with Gasteiger partial charge in [0, 0.05) is 6.54 Å². The van der Waals surface area contributed by atoms with Crippen LogP contribution >= 0.6 is 0 Å². The van der Waals surface area contributed by atoms with Crippen LogP contribution in [-0.2, 0) is 9.59 Å². The monoisotopic (exact) mass is 278 g/mol. The normalized spacial score (nSPS) is 28.4. The molecule has 0 saturated carbocycles. The van der Waals surface area contributed by atoms with E-state index in [2.05, 4.69) is 18.3 Å². The van der Waals surface area contributed by atoms with Crippen molar-refractivity contribution in [2.45, 2.75) is 65.0 Å². The van der Waals surface area contributed by atoms with E-state index in [4.69, 9.17) is 0 Å². The van der Waals surface area contributed by atoms with Crippen LogP contribution in [0.15, 0.2) is 11.6 Å². The van der Waals surface area contributed by atoms with Crippen molar-refractivity contribution in [2.75, 3.05) is 6.54 Å². The minimum absolute atomic E-state index is 0.0182. The smallest absolute Gasteiger partial charge is 0.246 e. The molecular formula is C16H26N2O2. The number of carbonyl (C=O) groups excluding carboxylic acids is 2.